The van der Waals surface area contributed by atoms with Gasteiger partial charge in [0.1, 0.15) is 5.75 Å². The first-order valence-electron chi connectivity index (χ1n) is 8.25. The predicted octanol–water partition coefficient (Wildman–Crippen LogP) is 5.45. The third-order valence-electron chi connectivity index (χ3n) is 4.39. The fourth-order valence-corrected chi connectivity index (χ4v) is 3.16. The Balaban J connectivity index is 1.79. The molecule has 0 saturated heterocycles. The summed E-state index contributed by atoms with van der Waals surface area (Å²) in [6.45, 7) is 0. The van der Waals surface area contributed by atoms with E-state index in [1.807, 2.05) is 6.08 Å². The number of benzene rings is 1. The molecule has 0 amide bonds. The van der Waals surface area contributed by atoms with Gasteiger partial charge in [-0.1, -0.05) is 30.4 Å². The van der Waals surface area contributed by atoms with Gasteiger partial charge in [0.25, 0.3) is 0 Å². The summed E-state index contributed by atoms with van der Waals surface area (Å²) < 4.78 is 40.4. The molecule has 0 aromatic heterocycles. The number of halogens is 3. The molecule has 136 valence electrons. The van der Waals surface area contributed by atoms with Crippen molar-refractivity contribution in [1.82, 2.24) is 0 Å². The zero-order valence-corrected chi connectivity index (χ0v) is 13.7. The lowest BCUT2D eigenvalue weighted by atomic mass is 9.77. The fourth-order valence-electron chi connectivity index (χ4n) is 3.16. The average Bonchev–Trinajstić information content (AvgIpc) is 2.54. The fraction of sp³-hybridized carbons (Fsp3) is 0.421. The first kappa shape index (κ1) is 19.1. The highest BCUT2D eigenvalue weighted by atomic mass is 19.4. The molecule has 0 atom stereocenters. The number of hydrogen-bond donors (Lipinski definition) is 1. The highest BCUT2D eigenvalue weighted by Gasteiger charge is 2.31. The van der Waals surface area contributed by atoms with Gasteiger partial charge in [-0.15, -0.1) is 13.2 Å². The monoisotopic (exact) mass is 354 g/mol. The van der Waals surface area contributed by atoms with Crippen LogP contribution in [0.4, 0.5) is 13.2 Å². The number of carboxylic acid groups (broad SMARTS) is 1. The summed E-state index contributed by atoms with van der Waals surface area (Å²) in [6.07, 6.45) is 6.70. The number of aliphatic carboxylic acids is 1. The number of carboxylic acids is 1. The Bertz CT molecular complexity index is 610. The Hall–Kier alpha value is -2.24. The maximum atomic E-state index is 12.2. The zero-order chi connectivity index (χ0) is 18.3. The van der Waals surface area contributed by atoms with Crippen LogP contribution in [0.1, 0.15) is 43.6 Å². The molecular formula is C19H21F3O3. The molecule has 1 aliphatic carbocycles. The van der Waals surface area contributed by atoms with Crippen LogP contribution >= 0.6 is 0 Å². The average molecular weight is 354 g/mol. The molecule has 1 aliphatic rings. The van der Waals surface area contributed by atoms with Gasteiger partial charge < -0.3 is 9.84 Å². The highest BCUT2D eigenvalue weighted by molar-refractivity contribution is 5.80. The quantitative estimate of drug-likeness (QED) is 0.546. The van der Waals surface area contributed by atoms with Crippen molar-refractivity contribution in [3.63, 3.8) is 0 Å². The molecule has 1 aromatic carbocycles. The van der Waals surface area contributed by atoms with E-state index >= 15 is 0 Å². The number of rotatable bonds is 6. The van der Waals surface area contributed by atoms with Crippen LogP contribution in [0.25, 0.3) is 0 Å². The second-order valence-corrected chi connectivity index (χ2v) is 6.20. The van der Waals surface area contributed by atoms with E-state index in [-0.39, 0.29) is 5.75 Å². The lowest BCUT2D eigenvalue weighted by molar-refractivity contribution is -0.274. The second kappa shape index (κ2) is 8.74. The molecule has 1 N–H and O–H groups in total. The molecule has 25 heavy (non-hydrogen) atoms. The predicted molar refractivity (Wildman–Crippen MR) is 88.4 cm³/mol. The smallest absolute Gasteiger partial charge is 0.478 e. The van der Waals surface area contributed by atoms with Gasteiger partial charge in [0.05, 0.1) is 0 Å². The van der Waals surface area contributed by atoms with Gasteiger partial charge in [0.15, 0.2) is 0 Å². The molecule has 6 heteroatoms. The highest BCUT2D eigenvalue weighted by Crippen LogP contribution is 2.37. The number of alkyl halides is 3. The third-order valence-corrected chi connectivity index (χ3v) is 4.39. The van der Waals surface area contributed by atoms with Gasteiger partial charge in [-0.05, 0) is 61.6 Å². The van der Waals surface area contributed by atoms with Crippen LogP contribution in [-0.4, -0.2) is 17.4 Å². The topological polar surface area (TPSA) is 46.5 Å². The van der Waals surface area contributed by atoms with Crippen molar-refractivity contribution in [3.8, 4) is 5.75 Å². The van der Waals surface area contributed by atoms with E-state index in [9.17, 15) is 18.0 Å². The first-order chi connectivity index (χ1) is 11.8. The van der Waals surface area contributed by atoms with Gasteiger partial charge in [-0.2, -0.15) is 0 Å². The molecule has 0 unspecified atom stereocenters. The van der Waals surface area contributed by atoms with Crippen molar-refractivity contribution in [1.29, 1.82) is 0 Å². The van der Waals surface area contributed by atoms with E-state index < -0.39 is 12.3 Å². The van der Waals surface area contributed by atoms with Crippen LogP contribution in [0.3, 0.4) is 0 Å². The summed E-state index contributed by atoms with van der Waals surface area (Å²) in [5.41, 5.74) is 1.05. The lowest BCUT2D eigenvalue weighted by Gasteiger charge is -2.28. The van der Waals surface area contributed by atoms with Crippen molar-refractivity contribution < 1.29 is 27.8 Å². The van der Waals surface area contributed by atoms with Gasteiger partial charge in [0.2, 0.25) is 0 Å². The molecule has 0 heterocycles. The molecular weight excluding hydrogens is 333 g/mol. The van der Waals surface area contributed by atoms with Gasteiger partial charge in [-0.3, -0.25) is 0 Å². The summed E-state index contributed by atoms with van der Waals surface area (Å²) in [6, 6.07) is 6.16. The van der Waals surface area contributed by atoms with Crippen LogP contribution < -0.4 is 4.74 Å². The molecule has 2 rings (SSSR count). The molecule has 0 aliphatic heterocycles. The number of hydrogen-bond acceptors (Lipinski definition) is 2. The van der Waals surface area contributed by atoms with Crippen LogP contribution in [0.2, 0.25) is 0 Å². The molecule has 0 radical (unpaired) electrons. The van der Waals surface area contributed by atoms with Crippen molar-refractivity contribution in [3.05, 3.63) is 54.1 Å². The Kier molecular flexibility index (Phi) is 6.67. The Morgan fingerprint density at radius 2 is 1.76 bits per heavy atom. The maximum absolute atomic E-state index is 12.2. The first-order valence-corrected chi connectivity index (χ1v) is 8.25. The molecule has 1 aromatic rings. The van der Waals surface area contributed by atoms with Gasteiger partial charge >= 0.3 is 12.3 Å². The second-order valence-electron chi connectivity index (χ2n) is 6.20. The standard InChI is InChI=1S/C19H21F3O3/c20-19(21,22)25-17-12-10-16(11-13-17)15-8-6-14(7-9-15)4-2-1-3-5-18(23)24/h1-3,5,10-15H,4,6-9H2,(H,23,24)/b2-1+,5-3+. The van der Waals surface area contributed by atoms with E-state index in [0.717, 1.165) is 43.7 Å². The van der Waals surface area contributed by atoms with Crippen LogP contribution in [0.15, 0.2) is 48.6 Å². The van der Waals surface area contributed by atoms with Crippen molar-refractivity contribution >= 4 is 5.97 Å². The zero-order valence-electron chi connectivity index (χ0n) is 13.7. The number of allylic oxidation sites excluding steroid dienone is 3. The molecule has 3 nitrogen and oxygen atoms in total. The summed E-state index contributed by atoms with van der Waals surface area (Å²) in [7, 11) is 0. The molecule has 0 spiro atoms. The summed E-state index contributed by atoms with van der Waals surface area (Å²) in [5.74, 6) is -0.216. The van der Waals surface area contributed by atoms with Crippen molar-refractivity contribution in [2.75, 3.05) is 0 Å². The van der Waals surface area contributed by atoms with E-state index in [2.05, 4.69) is 4.74 Å². The van der Waals surface area contributed by atoms with E-state index in [1.165, 1.54) is 18.2 Å². The maximum Gasteiger partial charge on any atom is 0.573 e. The van der Waals surface area contributed by atoms with Crippen molar-refractivity contribution in [2.24, 2.45) is 5.92 Å². The van der Waals surface area contributed by atoms with Crippen LogP contribution in [0.5, 0.6) is 5.75 Å². The number of carbonyl (C=O) groups is 1. The summed E-state index contributed by atoms with van der Waals surface area (Å²) in [5, 5.41) is 8.49. The SMILES string of the molecule is O=C(O)/C=C/C=C/CC1CCC(c2ccc(OC(F)(F)F)cc2)CC1. The minimum Gasteiger partial charge on any atom is -0.478 e. The van der Waals surface area contributed by atoms with Crippen LogP contribution in [-0.2, 0) is 4.79 Å². The Labute approximate surface area is 144 Å². The third kappa shape index (κ3) is 7.03. The molecule has 1 saturated carbocycles. The minimum atomic E-state index is -4.66. The van der Waals surface area contributed by atoms with Gasteiger partial charge in [0, 0.05) is 6.08 Å². The Morgan fingerprint density at radius 1 is 1.12 bits per heavy atom. The van der Waals surface area contributed by atoms with Gasteiger partial charge in [-0.25, -0.2) is 4.79 Å². The van der Waals surface area contributed by atoms with E-state index in [0.29, 0.717) is 11.8 Å². The largest absolute Gasteiger partial charge is 0.573 e. The van der Waals surface area contributed by atoms with Crippen molar-refractivity contribution in [2.45, 2.75) is 44.4 Å². The lowest BCUT2D eigenvalue weighted by Crippen LogP contribution is -2.17. The number of ether oxygens (including phenoxy) is 1. The van der Waals surface area contributed by atoms with E-state index in [1.54, 1.807) is 18.2 Å². The molecule has 0 bridgehead atoms. The minimum absolute atomic E-state index is 0.190. The summed E-state index contributed by atoms with van der Waals surface area (Å²) in [4.78, 5) is 10.3. The Morgan fingerprint density at radius 3 is 2.32 bits per heavy atom. The molecule has 1 fully saturated rings. The van der Waals surface area contributed by atoms with Crippen LogP contribution in [0, 0.1) is 5.92 Å². The summed E-state index contributed by atoms with van der Waals surface area (Å²) >= 11 is 0. The van der Waals surface area contributed by atoms with E-state index in [4.69, 9.17) is 5.11 Å². The normalized spacial score (nSPS) is 21.7.